The molecular formula is C5H7F3O3. The molecule has 0 aliphatic heterocycles. The maximum absolute atomic E-state index is 11.6. The van der Waals surface area contributed by atoms with E-state index >= 15 is 0 Å². The van der Waals surface area contributed by atoms with Crippen molar-refractivity contribution in [1.29, 1.82) is 0 Å². The fourth-order valence-corrected chi connectivity index (χ4v) is 0.472. The second-order valence-electron chi connectivity index (χ2n) is 2.05. The van der Waals surface area contributed by atoms with E-state index in [1.165, 1.54) is 0 Å². The molecule has 66 valence electrons. The highest BCUT2D eigenvalue weighted by Gasteiger charge is 2.48. The van der Waals surface area contributed by atoms with Gasteiger partial charge in [-0.15, -0.1) is 0 Å². The van der Waals surface area contributed by atoms with E-state index in [0.717, 1.165) is 0 Å². The van der Waals surface area contributed by atoms with E-state index < -0.39 is 18.2 Å². The molecule has 3 nitrogen and oxygen atoms in total. The number of rotatable bonds is 0. The van der Waals surface area contributed by atoms with Gasteiger partial charge < -0.3 is 10.2 Å². The molecule has 11 heavy (non-hydrogen) atoms. The molecule has 1 saturated carbocycles. The number of hydrogen-bond donors (Lipinski definition) is 2. The van der Waals surface area contributed by atoms with Gasteiger partial charge in [0.05, 0.1) is 0 Å². The molecule has 0 spiro atoms. The van der Waals surface area contributed by atoms with Crippen molar-refractivity contribution in [2.75, 3.05) is 0 Å². The Morgan fingerprint density at radius 3 is 1.73 bits per heavy atom. The molecule has 0 aromatic carbocycles. The number of carboxylic acid groups (broad SMARTS) is 2. The Bertz CT molecular complexity index is 144. The summed E-state index contributed by atoms with van der Waals surface area (Å²) in [7, 11) is 0. The van der Waals surface area contributed by atoms with Gasteiger partial charge in [0, 0.05) is 6.42 Å². The normalized spacial score (nSPS) is 25.9. The molecule has 1 aliphatic rings. The molecule has 0 radical (unpaired) electrons. The molecule has 1 unspecified atom stereocenters. The topological polar surface area (TPSA) is 57.5 Å². The molecule has 0 heterocycles. The monoisotopic (exact) mass is 172 g/mol. The minimum absolute atomic E-state index is 0.0347. The van der Waals surface area contributed by atoms with Gasteiger partial charge in [0.1, 0.15) is 0 Å². The van der Waals surface area contributed by atoms with Gasteiger partial charge in [-0.2, -0.15) is 0 Å². The van der Waals surface area contributed by atoms with Crippen molar-refractivity contribution in [2.24, 2.45) is 0 Å². The first-order valence-corrected chi connectivity index (χ1v) is 2.80. The first kappa shape index (κ1) is 10.1. The molecule has 6 heteroatoms. The van der Waals surface area contributed by atoms with E-state index in [-0.39, 0.29) is 12.8 Å². The van der Waals surface area contributed by atoms with Crippen molar-refractivity contribution in [1.82, 2.24) is 0 Å². The summed E-state index contributed by atoms with van der Waals surface area (Å²) in [5.41, 5.74) is 0. The lowest BCUT2D eigenvalue weighted by atomic mass is 9.93. The maximum atomic E-state index is 11.6. The molecule has 1 atom stereocenters. The van der Waals surface area contributed by atoms with Crippen LogP contribution in [0.5, 0.6) is 0 Å². The summed E-state index contributed by atoms with van der Waals surface area (Å²) in [4.78, 5) is 8.56. The highest BCUT2D eigenvalue weighted by molar-refractivity contribution is 5.53. The highest BCUT2D eigenvalue weighted by Crippen LogP contribution is 2.39. The summed E-state index contributed by atoms with van der Waals surface area (Å²) in [6.07, 6.45) is -3.92. The third-order valence-corrected chi connectivity index (χ3v) is 1.19. The molecule has 1 fully saturated rings. The Morgan fingerprint density at radius 1 is 1.45 bits per heavy atom. The Morgan fingerprint density at radius 2 is 1.73 bits per heavy atom. The second kappa shape index (κ2) is 3.45. The van der Waals surface area contributed by atoms with Crippen LogP contribution in [0.3, 0.4) is 0 Å². The minimum atomic E-state index is -2.99. The molecule has 2 N–H and O–H groups in total. The van der Waals surface area contributed by atoms with Crippen LogP contribution in [0.2, 0.25) is 0 Å². The van der Waals surface area contributed by atoms with Crippen molar-refractivity contribution in [2.45, 2.75) is 24.9 Å². The van der Waals surface area contributed by atoms with Crippen molar-refractivity contribution in [3.05, 3.63) is 0 Å². The number of alkyl halides is 3. The van der Waals surface area contributed by atoms with Crippen molar-refractivity contribution < 1.29 is 28.2 Å². The zero-order valence-corrected chi connectivity index (χ0v) is 5.43. The van der Waals surface area contributed by atoms with Crippen molar-refractivity contribution in [3.63, 3.8) is 0 Å². The number of hydrogen-bond acceptors (Lipinski definition) is 1. The van der Waals surface area contributed by atoms with Crippen molar-refractivity contribution in [3.8, 4) is 0 Å². The zero-order valence-electron chi connectivity index (χ0n) is 5.43. The van der Waals surface area contributed by atoms with Crippen LogP contribution in [0.25, 0.3) is 0 Å². The van der Waals surface area contributed by atoms with Gasteiger partial charge in [0.2, 0.25) is 0 Å². The van der Waals surface area contributed by atoms with Crippen molar-refractivity contribution >= 4 is 6.16 Å². The Labute approximate surface area is 60.4 Å². The van der Waals surface area contributed by atoms with Gasteiger partial charge in [-0.3, -0.25) is 0 Å². The predicted molar refractivity (Wildman–Crippen MR) is 29.7 cm³/mol. The van der Waals surface area contributed by atoms with Gasteiger partial charge in [-0.1, -0.05) is 0 Å². The third kappa shape index (κ3) is 3.69. The minimum Gasteiger partial charge on any atom is -0.450 e. The first-order valence-electron chi connectivity index (χ1n) is 2.80. The lowest BCUT2D eigenvalue weighted by molar-refractivity contribution is -0.141. The average molecular weight is 172 g/mol. The summed E-state index contributed by atoms with van der Waals surface area (Å²) in [5, 5.41) is 13.9. The SMILES string of the molecule is FC1CCC1(F)F.O=C(O)O. The van der Waals surface area contributed by atoms with E-state index in [1.807, 2.05) is 0 Å². The highest BCUT2D eigenvalue weighted by atomic mass is 19.3. The van der Waals surface area contributed by atoms with E-state index in [1.54, 1.807) is 0 Å². The molecule has 0 amide bonds. The van der Waals surface area contributed by atoms with Crippen LogP contribution in [-0.4, -0.2) is 28.5 Å². The van der Waals surface area contributed by atoms with Crippen LogP contribution in [0, 0.1) is 0 Å². The first-order chi connectivity index (χ1) is 4.86. The third-order valence-electron chi connectivity index (χ3n) is 1.19. The summed E-state index contributed by atoms with van der Waals surface area (Å²) >= 11 is 0. The lowest BCUT2D eigenvalue weighted by Gasteiger charge is -2.29. The molecule has 0 aromatic rings. The van der Waals surface area contributed by atoms with E-state index in [2.05, 4.69) is 0 Å². The van der Waals surface area contributed by atoms with Gasteiger partial charge >= 0.3 is 6.16 Å². The van der Waals surface area contributed by atoms with E-state index in [0.29, 0.717) is 0 Å². The summed E-state index contributed by atoms with van der Waals surface area (Å²) < 4.78 is 34.7. The van der Waals surface area contributed by atoms with Crippen LogP contribution in [-0.2, 0) is 0 Å². The van der Waals surface area contributed by atoms with Crippen LogP contribution in [0.1, 0.15) is 12.8 Å². The summed E-state index contributed by atoms with van der Waals surface area (Å²) in [6.45, 7) is 0. The van der Waals surface area contributed by atoms with Gasteiger partial charge in [-0.05, 0) is 6.42 Å². The quantitative estimate of drug-likeness (QED) is 0.587. The summed E-state index contributed by atoms with van der Waals surface area (Å²) in [5.74, 6) is -2.99. The van der Waals surface area contributed by atoms with E-state index in [4.69, 9.17) is 15.0 Å². The van der Waals surface area contributed by atoms with Gasteiger partial charge in [0.25, 0.3) is 5.92 Å². The molecule has 1 aliphatic carbocycles. The van der Waals surface area contributed by atoms with Gasteiger partial charge in [0.15, 0.2) is 6.17 Å². The summed E-state index contributed by atoms with van der Waals surface area (Å²) in [6, 6.07) is 0. The average Bonchev–Trinajstić information content (AvgIpc) is 1.84. The standard InChI is InChI=1S/C4H5F3.CH2O3/c5-3-1-2-4(3,6)7;2-1(3)4/h3H,1-2H2;(H2,2,3,4). The largest absolute Gasteiger partial charge is 0.503 e. The fourth-order valence-electron chi connectivity index (χ4n) is 0.472. The molecule has 0 bridgehead atoms. The maximum Gasteiger partial charge on any atom is 0.503 e. The van der Waals surface area contributed by atoms with Crippen LogP contribution in [0.4, 0.5) is 18.0 Å². The van der Waals surface area contributed by atoms with E-state index in [9.17, 15) is 13.2 Å². The van der Waals surface area contributed by atoms with Gasteiger partial charge in [-0.25, -0.2) is 18.0 Å². The lowest BCUT2D eigenvalue weighted by Crippen LogP contribution is -2.40. The van der Waals surface area contributed by atoms with Crippen LogP contribution >= 0.6 is 0 Å². The Hall–Kier alpha value is -0.940. The number of halogens is 3. The van der Waals surface area contributed by atoms with Crippen LogP contribution < -0.4 is 0 Å². The molecule has 0 aromatic heterocycles. The zero-order chi connectivity index (χ0) is 9.07. The Kier molecular flexibility index (Phi) is 3.16. The second-order valence-corrected chi connectivity index (χ2v) is 2.05. The fraction of sp³-hybridized carbons (Fsp3) is 0.800. The molecular weight excluding hydrogens is 165 g/mol. The smallest absolute Gasteiger partial charge is 0.450 e. The predicted octanol–water partition coefficient (Wildman–Crippen LogP) is 1.98. The van der Waals surface area contributed by atoms with Crippen LogP contribution in [0.15, 0.2) is 0 Å². The number of carbonyl (C=O) groups is 1. The Balaban J connectivity index is 0.000000218. The molecule has 0 saturated heterocycles. The molecule has 1 rings (SSSR count).